The number of urea groups is 1. The molecule has 0 aliphatic heterocycles. The number of benzene rings is 2. The maximum Gasteiger partial charge on any atom is 0.319 e. The molecular weight excluding hydrogens is 286 g/mol. The molecular formula is C19H25N3O. The third-order valence-corrected chi connectivity index (χ3v) is 3.73. The van der Waals surface area contributed by atoms with Gasteiger partial charge in [-0.3, -0.25) is 0 Å². The van der Waals surface area contributed by atoms with Gasteiger partial charge < -0.3 is 15.5 Å². The van der Waals surface area contributed by atoms with E-state index in [1.54, 1.807) is 0 Å². The normalized spacial score (nSPS) is 10.2. The number of hydrogen-bond donors (Lipinski definition) is 2. The highest BCUT2D eigenvalue weighted by molar-refractivity contribution is 5.89. The molecule has 0 saturated carbocycles. The summed E-state index contributed by atoms with van der Waals surface area (Å²) >= 11 is 0. The van der Waals surface area contributed by atoms with E-state index in [1.807, 2.05) is 31.2 Å². The largest absolute Gasteiger partial charge is 0.370 e. The lowest BCUT2D eigenvalue weighted by molar-refractivity contribution is 0.252. The third-order valence-electron chi connectivity index (χ3n) is 3.73. The number of likely N-dealkylation sites (N-methyl/N-ethyl adjacent to an activating group) is 1. The van der Waals surface area contributed by atoms with E-state index in [0.29, 0.717) is 6.54 Å². The fourth-order valence-corrected chi connectivity index (χ4v) is 2.41. The topological polar surface area (TPSA) is 44.4 Å². The van der Waals surface area contributed by atoms with Crippen molar-refractivity contribution in [3.05, 3.63) is 59.7 Å². The molecule has 0 saturated heterocycles. The van der Waals surface area contributed by atoms with Crippen molar-refractivity contribution in [2.24, 2.45) is 0 Å². The third kappa shape index (κ3) is 5.33. The standard InChI is InChI=1S/C19H25N3O/c1-4-22(18-7-5-6-16(3)14-18)13-12-20-19(23)21-17-10-8-15(2)9-11-17/h5-11,14H,4,12-13H2,1-3H3,(H2,20,21,23). The minimum Gasteiger partial charge on any atom is -0.370 e. The van der Waals surface area contributed by atoms with Crippen LogP contribution in [0, 0.1) is 13.8 Å². The van der Waals surface area contributed by atoms with Gasteiger partial charge in [-0.25, -0.2) is 4.79 Å². The van der Waals surface area contributed by atoms with Crippen molar-refractivity contribution in [3.63, 3.8) is 0 Å². The Hall–Kier alpha value is -2.49. The molecule has 23 heavy (non-hydrogen) atoms. The molecule has 2 aromatic carbocycles. The van der Waals surface area contributed by atoms with E-state index in [-0.39, 0.29) is 6.03 Å². The summed E-state index contributed by atoms with van der Waals surface area (Å²) in [6, 6.07) is 16.0. The zero-order chi connectivity index (χ0) is 16.7. The van der Waals surface area contributed by atoms with Gasteiger partial charge in [0.25, 0.3) is 0 Å². The van der Waals surface area contributed by atoms with Gasteiger partial charge in [-0.1, -0.05) is 29.8 Å². The molecule has 2 aromatic rings. The lowest BCUT2D eigenvalue weighted by atomic mass is 10.2. The Labute approximate surface area is 138 Å². The average molecular weight is 311 g/mol. The molecule has 4 nitrogen and oxygen atoms in total. The van der Waals surface area contributed by atoms with Crippen LogP contribution in [-0.4, -0.2) is 25.7 Å². The van der Waals surface area contributed by atoms with Crippen LogP contribution in [0.4, 0.5) is 16.2 Å². The van der Waals surface area contributed by atoms with Gasteiger partial charge in [-0.05, 0) is 50.6 Å². The predicted molar refractivity (Wildman–Crippen MR) is 97.3 cm³/mol. The van der Waals surface area contributed by atoms with Crippen LogP contribution in [0.1, 0.15) is 18.1 Å². The second-order valence-corrected chi connectivity index (χ2v) is 5.67. The summed E-state index contributed by atoms with van der Waals surface area (Å²) in [4.78, 5) is 14.2. The van der Waals surface area contributed by atoms with Gasteiger partial charge in [0.15, 0.2) is 0 Å². The molecule has 0 fully saturated rings. The molecule has 2 N–H and O–H groups in total. The Morgan fingerprint density at radius 2 is 1.78 bits per heavy atom. The molecule has 0 spiro atoms. The van der Waals surface area contributed by atoms with Crippen molar-refractivity contribution in [2.45, 2.75) is 20.8 Å². The monoisotopic (exact) mass is 311 g/mol. The van der Waals surface area contributed by atoms with Crippen molar-refractivity contribution < 1.29 is 4.79 Å². The first-order valence-corrected chi connectivity index (χ1v) is 8.01. The molecule has 2 amide bonds. The van der Waals surface area contributed by atoms with Gasteiger partial charge in [-0.2, -0.15) is 0 Å². The van der Waals surface area contributed by atoms with Gasteiger partial charge in [0.1, 0.15) is 0 Å². The van der Waals surface area contributed by atoms with Gasteiger partial charge in [0.2, 0.25) is 0 Å². The van der Waals surface area contributed by atoms with E-state index < -0.39 is 0 Å². The van der Waals surface area contributed by atoms with Crippen LogP contribution in [0.2, 0.25) is 0 Å². The smallest absolute Gasteiger partial charge is 0.319 e. The number of carbonyl (C=O) groups is 1. The number of hydrogen-bond acceptors (Lipinski definition) is 2. The second kappa shape index (κ2) is 8.22. The van der Waals surface area contributed by atoms with E-state index in [0.717, 1.165) is 18.8 Å². The van der Waals surface area contributed by atoms with E-state index in [9.17, 15) is 4.79 Å². The zero-order valence-electron chi connectivity index (χ0n) is 14.1. The summed E-state index contributed by atoms with van der Waals surface area (Å²) in [5, 5.41) is 5.74. The van der Waals surface area contributed by atoms with Crippen molar-refractivity contribution >= 4 is 17.4 Å². The van der Waals surface area contributed by atoms with Gasteiger partial charge in [0, 0.05) is 31.0 Å². The van der Waals surface area contributed by atoms with Crippen molar-refractivity contribution in [1.82, 2.24) is 5.32 Å². The molecule has 0 unspecified atom stereocenters. The number of rotatable bonds is 6. The SMILES string of the molecule is CCN(CCNC(=O)Nc1ccc(C)cc1)c1cccc(C)c1. The average Bonchev–Trinajstić information content (AvgIpc) is 2.54. The van der Waals surface area contributed by atoms with Gasteiger partial charge >= 0.3 is 6.03 Å². The maximum absolute atomic E-state index is 11.9. The first-order chi connectivity index (χ1) is 11.1. The molecule has 0 atom stereocenters. The zero-order valence-corrected chi connectivity index (χ0v) is 14.1. The molecule has 0 heterocycles. The molecule has 122 valence electrons. The van der Waals surface area contributed by atoms with Crippen LogP contribution in [0.5, 0.6) is 0 Å². The Kier molecular flexibility index (Phi) is 6.03. The number of nitrogens with one attached hydrogen (secondary N) is 2. The fourth-order valence-electron chi connectivity index (χ4n) is 2.41. The van der Waals surface area contributed by atoms with Gasteiger partial charge in [0.05, 0.1) is 0 Å². The fraction of sp³-hybridized carbons (Fsp3) is 0.316. The molecule has 0 bridgehead atoms. The Balaban J connectivity index is 1.80. The number of amides is 2. The molecule has 2 rings (SSSR count). The predicted octanol–water partition coefficient (Wildman–Crippen LogP) is 3.95. The Morgan fingerprint density at radius 3 is 2.43 bits per heavy atom. The molecule has 0 aliphatic carbocycles. The van der Waals surface area contributed by atoms with E-state index in [1.165, 1.54) is 16.8 Å². The summed E-state index contributed by atoms with van der Waals surface area (Å²) in [7, 11) is 0. The van der Waals surface area contributed by atoms with Crippen LogP contribution >= 0.6 is 0 Å². The van der Waals surface area contributed by atoms with E-state index in [4.69, 9.17) is 0 Å². The quantitative estimate of drug-likeness (QED) is 0.848. The molecule has 0 aromatic heterocycles. The highest BCUT2D eigenvalue weighted by Gasteiger charge is 2.06. The lowest BCUT2D eigenvalue weighted by Gasteiger charge is -2.23. The van der Waals surface area contributed by atoms with E-state index >= 15 is 0 Å². The molecule has 0 aliphatic rings. The summed E-state index contributed by atoms with van der Waals surface area (Å²) in [6.45, 7) is 8.51. The number of nitrogens with zero attached hydrogens (tertiary/aromatic N) is 1. The summed E-state index contributed by atoms with van der Waals surface area (Å²) in [5.74, 6) is 0. The first-order valence-electron chi connectivity index (χ1n) is 8.01. The van der Waals surface area contributed by atoms with Gasteiger partial charge in [-0.15, -0.1) is 0 Å². The van der Waals surface area contributed by atoms with Crippen molar-refractivity contribution in [1.29, 1.82) is 0 Å². The van der Waals surface area contributed by atoms with Crippen LogP contribution < -0.4 is 15.5 Å². The minimum absolute atomic E-state index is 0.172. The lowest BCUT2D eigenvalue weighted by Crippen LogP contribution is -2.37. The summed E-state index contributed by atoms with van der Waals surface area (Å²) in [5.41, 5.74) is 4.41. The van der Waals surface area contributed by atoms with Crippen LogP contribution in [0.25, 0.3) is 0 Å². The highest BCUT2D eigenvalue weighted by atomic mass is 16.2. The Morgan fingerprint density at radius 1 is 1.04 bits per heavy atom. The van der Waals surface area contributed by atoms with Crippen LogP contribution in [0.3, 0.4) is 0 Å². The second-order valence-electron chi connectivity index (χ2n) is 5.67. The number of carbonyl (C=O) groups excluding carboxylic acids is 1. The van der Waals surface area contributed by atoms with Crippen LogP contribution in [0.15, 0.2) is 48.5 Å². The Bertz CT molecular complexity index is 637. The van der Waals surface area contributed by atoms with Crippen molar-refractivity contribution in [2.75, 3.05) is 29.9 Å². The summed E-state index contributed by atoms with van der Waals surface area (Å²) < 4.78 is 0. The number of aryl methyl sites for hydroxylation is 2. The van der Waals surface area contributed by atoms with Crippen LogP contribution in [-0.2, 0) is 0 Å². The number of anilines is 2. The van der Waals surface area contributed by atoms with Crippen molar-refractivity contribution in [3.8, 4) is 0 Å². The summed E-state index contributed by atoms with van der Waals surface area (Å²) in [6.07, 6.45) is 0. The minimum atomic E-state index is -0.172. The first kappa shape index (κ1) is 16.9. The van der Waals surface area contributed by atoms with E-state index in [2.05, 4.69) is 53.6 Å². The highest BCUT2D eigenvalue weighted by Crippen LogP contribution is 2.15. The molecule has 4 heteroatoms. The maximum atomic E-state index is 11.9. The molecule has 0 radical (unpaired) electrons.